The molecule has 0 aromatic rings. The van der Waals surface area contributed by atoms with Crippen LogP contribution in [-0.4, -0.2) is 19.3 Å². The van der Waals surface area contributed by atoms with Gasteiger partial charge in [0.1, 0.15) is 0 Å². The zero-order chi connectivity index (χ0) is 5.82. The second-order valence-electron chi connectivity index (χ2n) is 1.90. The van der Waals surface area contributed by atoms with E-state index in [-0.39, 0.29) is 6.10 Å². The molecule has 2 nitrogen and oxygen atoms in total. The van der Waals surface area contributed by atoms with E-state index in [2.05, 4.69) is 6.08 Å². The van der Waals surface area contributed by atoms with E-state index >= 15 is 0 Å². The van der Waals surface area contributed by atoms with Crippen molar-refractivity contribution in [2.45, 2.75) is 12.5 Å². The van der Waals surface area contributed by atoms with Gasteiger partial charge in [0, 0.05) is 6.54 Å². The van der Waals surface area contributed by atoms with E-state index < -0.39 is 0 Å². The van der Waals surface area contributed by atoms with Crippen LogP contribution in [0.5, 0.6) is 0 Å². The molecule has 46 valence electrons. The average Bonchev–Trinajstić information content (AvgIpc) is 1.90. The quantitative estimate of drug-likeness (QED) is 0.496. The zero-order valence-electron chi connectivity index (χ0n) is 4.84. The van der Waals surface area contributed by atoms with E-state index in [1.54, 1.807) is 0 Å². The summed E-state index contributed by atoms with van der Waals surface area (Å²) in [5, 5.41) is 0. The highest BCUT2D eigenvalue weighted by Gasteiger charge is 2.05. The highest BCUT2D eigenvalue weighted by molar-refractivity contribution is 4.89. The van der Waals surface area contributed by atoms with E-state index in [4.69, 9.17) is 10.5 Å². The Morgan fingerprint density at radius 3 is 2.88 bits per heavy atom. The Balaban J connectivity index is 2.27. The molecule has 2 heteroatoms. The normalized spacial score (nSPS) is 28.4. The lowest BCUT2D eigenvalue weighted by Gasteiger charge is -2.15. The number of nitrogens with two attached hydrogens (primary N) is 1. The van der Waals surface area contributed by atoms with Crippen molar-refractivity contribution in [1.29, 1.82) is 0 Å². The second-order valence-corrected chi connectivity index (χ2v) is 1.90. The predicted octanol–water partition coefficient (Wildman–Crippen LogP) is 0.290. The van der Waals surface area contributed by atoms with E-state index in [1.807, 2.05) is 6.08 Å². The van der Waals surface area contributed by atoms with Crippen molar-refractivity contribution in [3.8, 4) is 0 Å². The molecule has 1 unspecified atom stereocenters. The van der Waals surface area contributed by atoms with Crippen molar-refractivity contribution in [3.63, 3.8) is 0 Å². The zero-order valence-corrected chi connectivity index (χ0v) is 4.84. The lowest BCUT2D eigenvalue weighted by atomic mass is 10.2. The lowest BCUT2D eigenvalue weighted by Crippen LogP contribution is -2.24. The Labute approximate surface area is 49.3 Å². The van der Waals surface area contributed by atoms with Gasteiger partial charge in [-0.15, -0.1) is 0 Å². The van der Waals surface area contributed by atoms with Crippen LogP contribution in [0.25, 0.3) is 0 Å². The molecule has 0 saturated carbocycles. The fraction of sp³-hybridized carbons (Fsp3) is 0.667. The average molecular weight is 113 g/mol. The summed E-state index contributed by atoms with van der Waals surface area (Å²) in [5.74, 6) is 0. The van der Waals surface area contributed by atoms with Crippen LogP contribution < -0.4 is 5.73 Å². The molecule has 0 bridgehead atoms. The van der Waals surface area contributed by atoms with Crippen LogP contribution in [0, 0.1) is 0 Å². The molecule has 1 heterocycles. The van der Waals surface area contributed by atoms with Gasteiger partial charge in [-0.05, 0) is 6.42 Å². The van der Waals surface area contributed by atoms with Crippen LogP contribution >= 0.6 is 0 Å². The molecule has 0 aliphatic carbocycles. The topological polar surface area (TPSA) is 35.2 Å². The van der Waals surface area contributed by atoms with Gasteiger partial charge >= 0.3 is 0 Å². The van der Waals surface area contributed by atoms with Gasteiger partial charge < -0.3 is 10.5 Å². The molecule has 0 amide bonds. The molecule has 0 fully saturated rings. The van der Waals surface area contributed by atoms with Crippen molar-refractivity contribution in [2.75, 3.05) is 13.2 Å². The molecule has 1 aliphatic heterocycles. The molecule has 2 N–H and O–H groups in total. The molecule has 0 saturated heterocycles. The summed E-state index contributed by atoms with van der Waals surface area (Å²) in [6.45, 7) is 1.38. The minimum absolute atomic E-state index is 0.278. The van der Waals surface area contributed by atoms with Gasteiger partial charge in [0.05, 0.1) is 12.7 Å². The largest absolute Gasteiger partial charge is 0.373 e. The summed E-state index contributed by atoms with van der Waals surface area (Å²) in [5.41, 5.74) is 5.34. The maximum absolute atomic E-state index is 5.34. The van der Waals surface area contributed by atoms with Gasteiger partial charge in [0.15, 0.2) is 0 Å². The third kappa shape index (κ3) is 1.32. The van der Waals surface area contributed by atoms with Crippen molar-refractivity contribution >= 4 is 0 Å². The summed E-state index contributed by atoms with van der Waals surface area (Å²) in [4.78, 5) is 0. The van der Waals surface area contributed by atoms with Crippen LogP contribution in [0.15, 0.2) is 12.2 Å². The Morgan fingerprint density at radius 1 is 1.62 bits per heavy atom. The number of rotatable bonds is 1. The lowest BCUT2D eigenvalue weighted by molar-refractivity contribution is 0.0744. The Hall–Kier alpha value is -0.340. The second kappa shape index (κ2) is 2.84. The first-order valence-corrected chi connectivity index (χ1v) is 2.90. The van der Waals surface area contributed by atoms with Crippen LogP contribution in [0.3, 0.4) is 0 Å². The third-order valence-electron chi connectivity index (χ3n) is 1.26. The first-order valence-electron chi connectivity index (χ1n) is 2.90. The first-order chi connectivity index (χ1) is 3.93. The third-order valence-corrected chi connectivity index (χ3v) is 1.26. The molecule has 0 aromatic heterocycles. The molecular weight excluding hydrogens is 102 g/mol. The molecule has 8 heavy (non-hydrogen) atoms. The van der Waals surface area contributed by atoms with Gasteiger partial charge in [-0.25, -0.2) is 0 Å². The van der Waals surface area contributed by atoms with E-state index in [0.29, 0.717) is 6.54 Å². The predicted molar refractivity (Wildman–Crippen MR) is 32.6 cm³/mol. The van der Waals surface area contributed by atoms with Gasteiger partial charge in [-0.1, -0.05) is 12.2 Å². The van der Waals surface area contributed by atoms with Gasteiger partial charge in [-0.3, -0.25) is 0 Å². The van der Waals surface area contributed by atoms with Crippen molar-refractivity contribution < 1.29 is 4.74 Å². The number of hydrogen-bond acceptors (Lipinski definition) is 2. The van der Waals surface area contributed by atoms with Crippen LogP contribution in [0.1, 0.15) is 6.42 Å². The molecule has 1 atom stereocenters. The summed E-state index contributed by atoms with van der Waals surface area (Å²) in [6.07, 6.45) is 5.39. The molecular formula is C6H11NO. The molecule has 1 rings (SSSR count). The van der Waals surface area contributed by atoms with Crippen molar-refractivity contribution in [2.24, 2.45) is 5.73 Å². The Morgan fingerprint density at radius 2 is 2.50 bits per heavy atom. The van der Waals surface area contributed by atoms with E-state index in [1.165, 1.54) is 0 Å². The van der Waals surface area contributed by atoms with Gasteiger partial charge in [0.25, 0.3) is 0 Å². The van der Waals surface area contributed by atoms with Crippen molar-refractivity contribution in [1.82, 2.24) is 0 Å². The van der Waals surface area contributed by atoms with Gasteiger partial charge in [-0.2, -0.15) is 0 Å². The smallest absolute Gasteiger partial charge is 0.0735 e. The summed E-state index contributed by atoms with van der Waals surface area (Å²) in [7, 11) is 0. The fourth-order valence-electron chi connectivity index (χ4n) is 0.740. The monoisotopic (exact) mass is 113 g/mol. The highest BCUT2D eigenvalue weighted by atomic mass is 16.5. The van der Waals surface area contributed by atoms with Crippen LogP contribution in [0.2, 0.25) is 0 Å². The van der Waals surface area contributed by atoms with Gasteiger partial charge in [0.2, 0.25) is 0 Å². The summed E-state index contributed by atoms with van der Waals surface area (Å²) in [6, 6.07) is 0. The highest BCUT2D eigenvalue weighted by Crippen LogP contribution is 2.02. The molecule has 0 spiro atoms. The maximum atomic E-state index is 5.34. The fourth-order valence-corrected chi connectivity index (χ4v) is 0.740. The van der Waals surface area contributed by atoms with Crippen LogP contribution in [-0.2, 0) is 4.74 Å². The van der Waals surface area contributed by atoms with E-state index in [9.17, 15) is 0 Å². The Kier molecular flexibility index (Phi) is 2.06. The molecule has 0 radical (unpaired) electrons. The van der Waals surface area contributed by atoms with E-state index in [0.717, 1.165) is 13.0 Å². The molecule has 1 aliphatic rings. The minimum atomic E-state index is 0.278. The number of ether oxygens (including phenoxy) is 1. The number of hydrogen-bond donors (Lipinski definition) is 1. The van der Waals surface area contributed by atoms with Crippen molar-refractivity contribution in [3.05, 3.63) is 12.2 Å². The standard InChI is InChI=1S/C6H11NO/c7-5-6-3-1-2-4-8-6/h1-2,6H,3-5,7H2. The summed E-state index contributed by atoms with van der Waals surface area (Å²) < 4.78 is 5.22. The SMILES string of the molecule is NCC1CC=CCO1. The minimum Gasteiger partial charge on any atom is -0.373 e. The molecule has 0 aromatic carbocycles. The summed E-state index contributed by atoms with van der Waals surface area (Å²) >= 11 is 0. The maximum Gasteiger partial charge on any atom is 0.0735 e. The first kappa shape index (κ1) is 5.79. The van der Waals surface area contributed by atoms with Crippen LogP contribution in [0.4, 0.5) is 0 Å². The Bertz CT molecular complexity index is 90.5.